The van der Waals surface area contributed by atoms with Gasteiger partial charge < -0.3 is 14.4 Å². The molecule has 1 saturated heterocycles. The van der Waals surface area contributed by atoms with E-state index in [1.165, 1.54) is 13.2 Å². The number of esters is 1. The average Bonchev–Trinajstić information content (AvgIpc) is 3.10. The third-order valence-corrected chi connectivity index (χ3v) is 4.72. The van der Waals surface area contributed by atoms with Gasteiger partial charge >= 0.3 is 5.97 Å². The lowest BCUT2D eigenvalue weighted by Gasteiger charge is -2.26. The number of ether oxygens (including phenoxy) is 2. The number of carbonyl (C=O) groups is 1. The lowest BCUT2D eigenvalue weighted by molar-refractivity contribution is 0.0595. The van der Waals surface area contributed by atoms with Crippen molar-refractivity contribution in [3.63, 3.8) is 0 Å². The second-order valence-electron chi connectivity index (χ2n) is 6.25. The molecule has 0 saturated carbocycles. The number of aryl methyl sites for hydroxylation is 1. The van der Waals surface area contributed by atoms with Crippen molar-refractivity contribution >= 4 is 23.4 Å². The molecule has 1 fully saturated rings. The maximum atomic E-state index is 14.1. The van der Waals surface area contributed by atoms with Crippen LogP contribution < -0.4 is 9.64 Å². The first-order chi connectivity index (χ1) is 12.5. The van der Waals surface area contributed by atoms with Crippen molar-refractivity contribution in [3.8, 4) is 5.75 Å². The topological polar surface area (TPSA) is 51.7 Å². The van der Waals surface area contributed by atoms with Crippen molar-refractivity contribution in [1.82, 2.24) is 4.98 Å². The monoisotopic (exact) mass is 378 g/mol. The van der Waals surface area contributed by atoms with E-state index in [1.54, 1.807) is 0 Å². The average molecular weight is 379 g/mol. The highest BCUT2D eigenvalue weighted by Gasteiger charge is 2.27. The molecule has 0 radical (unpaired) electrons. The maximum absolute atomic E-state index is 14.1. The van der Waals surface area contributed by atoms with Crippen LogP contribution in [0.3, 0.4) is 0 Å². The van der Waals surface area contributed by atoms with Crippen LogP contribution in [0.2, 0.25) is 5.02 Å². The summed E-state index contributed by atoms with van der Waals surface area (Å²) >= 11 is 6.13. The van der Waals surface area contributed by atoms with Crippen LogP contribution in [0.25, 0.3) is 0 Å². The van der Waals surface area contributed by atoms with Gasteiger partial charge in [0.1, 0.15) is 24.0 Å². The van der Waals surface area contributed by atoms with Gasteiger partial charge in [0.2, 0.25) is 0 Å². The number of rotatable bonds is 5. The summed E-state index contributed by atoms with van der Waals surface area (Å²) in [6.45, 7) is 3.25. The van der Waals surface area contributed by atoms with Crippen molar-refractivity contribution in [2.24, 2.45) is 0 Å². The maximum Gasteiger partial charge on any atom is 0.340 e. The third-order valence-electron chi connectivity index (χ3n) is 4.43. The molecular formula is C19H20ClFN2O3. The lowest BCUT2D eigenvalue weighted by Crippen LogP contribution is -2.34. The normalized spacial score (nSPS) is 16.6. The number of carbonyl (C=O) groups excluding carboxylic acids is 1. The molecule has 0 amide bonds. The highest BCUT2D eigenvalue weighted by molar-refractivity contribution is 6.32. The Morgan fingerprint density at radius 1 is 1.42 bits per heavy atom. The van der Waals surface area contributed by atoms with Crippen LogP contribution in [0.1, 0.15) is 28.8 Å². The standard InChI is InChI=1S/C19H20ClFN2O3/c1-12-5-6-18(22-10-12)23-7-3-4-13(23)11-26-17-9-16(21)14(8-15(17)20)19(24)25-2/h5-6,8-10,13H,3-4,7,11H2,1-2H3/t13-/m1/s1. The summed E-state index contributed by atoms with van der Waals surface area (Å²) in [4.78, 5) is 18.2. The highest BCUT2D eigenvalue weighted by atomic mass is 35.5. The van der Waals surface area contributed by atoms with Gasteiger partial charge in [-0.25, -0.2) is 14.2 Å². The number of pyridine rings is 1. The summed E-state index contributed by atoms with van der Waals surface area (Å²) in [6.07, 6.45) is 3.83. The van der Waals surface area contributed by atoms with Gasteiger partial charge in [-0.05, 0) is 37.5 Å². The molecule has 2 aromatic rings. The smallest absolute Gasteiger partial charge is 0.340 e. The Balaban J connectivity index is 1.71. The van der Waals surface area contributed by atoms with Crippen molar-refractivity contribution in [2.75, 3.05) is 25.2 Å². The molecule has 1 aromatic heterocycles. The summed E-state index contributed by atoms with van der Waals surface area (Å²) in [7, 11) is 1.19. The van der Waals surface area contributed by atoms with E-state index in [0.717, 1.165) is 36.8 Å². The van der Waals surface area contributed by atoms with Gasteiger partial charge in [-0.15, -0.1) is 0 Å². The number of anilines is 1. The number of aromatic nitrogens is 1. The number of benzene rings is 1. The SMILES string of the molecule is COC(=O)c1cc(Cl)c(OC[C@H]2CCCN2c2ccc(C)cn2)cc1F. The minimum atomic E-state index is -0.775. The molecule has 0 bridgehead atoms. The summed E-state index contributed by atoms with van der Waals surface area (Å²) < 4.78 is 24.4. The first kappa shape index (κ1) is 18.5. The number of halogens is 2. The predicted molar refractivity (Wildman–Crippen MR) is 97.6 cm³/mol. The van der Waals surface area contributed by atoms with Gasteiger partial charge in [0.05, 0.1) is 23.7 Å². The molecule has 1 aliphatic rings. The van der Waals surface area contributed by atoms with E-state index in [1.807, 2.05) is 25.3 Å². The number of methoxy groups -OCH3 is 1. The van der Waals surface area contributed by atoms with Crippen molar-refractivity contribution in [2.45, 2.75) is 25.8 Å². The molecule has 1 atom stereocenters. The molecule has 7 heteroatoms. The van der Waals surface area contributed by atoms with E-state index >= 15 is 0 Å². The Bertz CT molecular complexity index is 798. The Labute approximate surface area is 156 Å². The zero-order valence-corrected chi connectivity index (χ0v) is 15.4. The fraction of sp³-hybridized carbons (Fsp3) is 0.368. The fourth-order valence-corrected chi connectivity index (χ4v) is 3.25. The van der Waals surface area contributed by atoms with Gasteiger partial charge in [0.25, 0.3) is 0 Å². The van der Waals surface area contributed by atoms with Gasteiger partial charge in [-0.1, -0.05) is 17.7 Å². The van der Waals surface area contributed by atoms with E-state index in [2.05, 4.69) is 14.6 Å². The number of nitrogens with zero attached hydrogens (tertiary/aromatic N) is 2. The predicted octanol–water partition coefficient (Wildman–Crippen LogP) is 4.02. The van der Waals surface area contributed by atoms with Gasteiger partial charge in [0.15, 0.2) is 0 Å². The van der Waals surface area contributed by atoms with Crippen molar-refractivity contribution in [3.05, 3.63) is 52.4 Å². The number of hydrogen-bond donors (Lipinski definition) is 0. The second kappa shape index (κ2) is 7.91. The summed E-state index contributed by atoms with van der Waals surface area (Å²) in [6, 6.07) is 6.50. The molecule has 138 valence electrons. The van der Waals surface area contributed by atoms with Crippen LogP contribution in [0.4, 0.5) is 10.2 Å². The van der Waals surface area contributed by atoms with Gasteiger partial charge in [0, 0.05) is 18.8 Å². The van der Waals surface area contributed by atoms with Gasteiger partial charge in [-0.2, -0.15) is 0 Å². The fourth-order valence-electron chi connectivity index (χ4n) is 3.03. The molecule has 3 rings (SSSR count). The van der Waals surface area contributed by atoms with E-state index < -0.39 is 11.8 Å². The molecule has 26 heavy (non-hydrogen) atoms. The molecule has 0 aliphatic carbocycles. The van der Waals surface area contributed by atoms with E-state index in [4.69, 9.17) is 16.3 Å². The summed E-state index contributed by atoms with van der Waals surface area (Å²) in [5, 5.41) is 0.171. The molecule has 1 aromatic carbocycles. The van der Waals surface area contributed by atoms with Crippen LogP contribution in [-0.4, -0.2) is 37.3 Å². The molecular weight excluding hydrogens is 359 g/mol. The quantitative estimate of drug-likeness (QED) is 0.735. The lowest BCUT2D eigenvalue weighted by atomic mass is 10.2. The van der Waals surface area contributed by atoms with Crippen LogP contribution >= 0.6 is 11.6 Å². The van der Waals surface area contributed by atoms with Crippen molar-refractivity contribution in [1.29, 1.82) is 0 Å². The second-order valence-corrected chi connectivity index (χ2v) is 6.66. The van der Waals surface area contributed by atoms with Crippen molar-refractivity contribution < 1.29 is 18.7 Å². The molecule has 2 heterocycles. The van der Waals surface area contributed by atoms with E-state index in [0.29, 0.717) is 6.61 Å². The Morgan fingerprint density at radius 3 is 2.92 bits per heavy atom. The molecule has 0 unspecified atom stereocenters. The minimum absolute atomic E-state index is 0.129. The minimum Gasteiger partial charge on any atom is -0.490 e. The zero-order chi connectivity index (χ0) is 18.7. The van der Waals surface area contributed by atoms with E-state index in [-0.39, 0.29) is 22.4 Å². The molecule has 1 aliphatic heterocycles. The molecule has 0 N–H and O–H groups in total. The van der Waals surface area contributed by atoms with Crippen LogP contribution in [0.5, 0.6) is 5.75 Å². The Morgan fingerprint density at radius 2 is 2.23 bits per heavy atom. The van der Waals surface area contributed by atoms with Crippen LogP contribution in [0.15, 0.2) is 30.5 Å². The molecule has 0 spiro atoms. The largest absolute Gasteiger partial charge is 0.490 e. The van der Waals surface area contributed by atoms with E-state index in [9.17, 15) is 9.18 Å². The first-order valence-electron chi connectivity index (χ1n) is 8.39. The zero-order valence-electron chi connectivity index (χ0n) is 14.7. The first-order valence-corrected chi connectivity index (χ1v) is 8.77. The Kier molecular flexibility index (Phi) is 5.61. The Hall–Kier alpha value is -2.34. The molecule has 5 nitrogen and oxygen atoms in total. The third kappa shape index (κ3) is 3.90. The number of hydrogen-bond acceptors (Lipinski definition) is 5. The summed E-state index contributed by atoms with van der Waals surface area (Å²) in [5.41, 5.74) is 0.893. The summed E-state index contributed by atoms with van der Waals surface area (Å²) in [5.74, 6) is -0.386. The van der Waals surface area contributed by atoms with Crippen LogP contribution in [-0.2, 0) is 4.74 Å². The van der Waals surface area contributed by atoms with Crippen LogP contribution in [0, 0.1) is 12.7 Å². The highest BCUT2D eigenvalue weighted by Crippen LogP contribution is 2.30. The van der Waals surface area contributed by atoms with Gasteiger partial charge in [-0.3, -0.25) is 0 Å².